The molecule has 0 aromatic rings. The second-order valence-corrected chi connectivity index (χ2v) is 5.77. The van der Waals surface area contributed by atoms with E-state index in [1.807, 2.05) is 0 Å². The standard InChI is InChI=1S/C14H22O/c1-9(2)11-7-12-6-10(3)4-5-13(12)14(15)8-11/h4,9,11-13H,5-8H2,1-3H3/t11-,12-,13-/m1/s1. The van der Waals surface area contributed by atoms with E-state index < -0.39 is 0 Å². The van der Waals surface area contributed by atoms with E-state index in [-0.39, 0.29) is 0 Å². The SMILES string of the molecule is CC1=CC[C@H]2C(=O)C[C@H](C(C)C)C[C@H]2C1. The van der Waals surface area contributed by atoms with Gasteiger partial charge < -0.3 is 0 Å². The minimum absolute atomic E-state index is 0.365. The zero-order valence-corrected chi connectivity index (χ0v) is 10.1. The van der Waals surface area contributed by atoms with Crippen LogP contribution in [-0.2, 0) is 4.79 Å². The van der Waals surface area contributed by atoms with E-state index in [2.05, 4.69) is 26.8 Å². The smallest absolute Gasteiger partial charge is 0.136 e. The van der Waals surface area contributed by atoms with Crippen LogP contribution in [0.5, 0.6) is 0 Å². The van der Waals surface area contributed by atoms with Gasteiger partial charge in [0.1, 0.15) is 5.78 Å². The third-order valence-electron chi connectivity index (χ3n) is 4.30. The average Bonchev–Trinajstić information content (AvgIpc) is 2.16. The van der Waals surface area contributed by atoms with Crippen molar-refractivity contribution in [3.8, 4) is 0 Å². The van der Waals surface area contributed by atoms with Crippen LogP contribution < -0.4 is 0 Å². The minimum Gasteiger partial charge on any atom is -0.299 e. The van der Waals surface area contributed by atoms with Crippen molar-refractivity contribution in [2.24, 2.45) is 23.7 Å². The summed E-state index contributed by atoms with van der Waals surface area (Å²) >= 11 is 0. The number of hydrogen-bond donors (Lipinski definition) is 0. The molecule has 1 saturated carbocycles. The number of hydrogen-bond acceptors (Lipinski definition) is 1. The van der Waals surface area contributed by atoms with Crippen LogP contribution in [0.2, 0.25) is 0 Å². The second kappa shape index (κ2) is 4.11. The molecule has 0 radical (unpaired) electrons. The van der Waals surface area contributed by atoms with Crippen molar-refractivity contribution in [1.29, 1.82) is 0 Å². The van der Waals surface area contributed by atoms with E-state index in [4.69, 9.17) is 0 Å². The molecule has 0 aliphatic heterocycles. The molecule has 1 heteroatoms. The van der Waals surface area contributed by atoms with Crippen LogP contribution in [0.1, 0.15) is 46.5 Å². The Kier molecular flexibility index (Phi) is 2.99. The van der Waals surface area contributed by atoms with Gasteiger partial charge >= 0.3 is 0 Å². The Labute approximate surface area is 92.9 Å². The summed E-state index contributed by atoms with van der Waals surface area (Å²) in [6.07, 6.45) is 6.57. The fourth-order valence-electron chi connectivity index (χ4n) is 3.19. The normalized spacial score (nSPS) is 36.4. The van der Waals surface area contributed by atoms with E-state index >= 15 is 0 Å². The monoisotopic (exact) mass is 206 g/mol. The fraction of sp³-hybridized carbons (Fsp3) is 0.786. The number of allylic oxidation sites excluding steroid dienone is 2. The number of carbonyl (C=O) groups is 1. The molecular formula is C14H22O. The summed E-state index contributed by atoms with van der Waals surface area (Å²) in [5.41, 5.74) is 1.49. The zero-order valence-electron chi connectivity index (χ0n) is 10.1. The molecule has 0 heterocycles. The highest BCUT2D eigenvalue weighted by Crippen LogP contribution is 2.42. The molecule has 0 saturated heterocycles. The predicted octanol–water partition coefficient (Wildman–Crippen LogP) is 3.59. The van der Waals surface area contributed by atoms with Crippen LogP contribution in [0.3, 0.4) is 0 Å². The van der Waals surface area contributed by atoms with Crippen molar-refractivity contribution in [1.82, 2.24) is 0 Å². The van der Waals surface area contributed by atoms with Crippen molar-refractivity contribution in [2.75, 3.05) is 0 Å². The van der Waals surface area contributed by atoms with Gasteiger partial charge in [0, 0.05) is 12.3 Å². The van der Waals surface area contributed by atoms with Crippen LogP contribution in [0, 0.1) is 23.7 Å². The highest BCUT2D eigenvalue weighted by molar-refractivity contribution is 5.82. The summed E-state index contributed by atoms with van der Waals surface area (Å²) in [4.78, 5) is 12.0. The molecule has 0 amide bonds. The lowest BCUT2D eigenvalue weighted by Gasteiger charge is -2.38. The third kappa shape index (κ3) is 2.16. The minimum atomic E-state index is 0.365. The molecule has 2 aliphatic rings. The van der Waals surface area contributed by atoms with Crippen LogP contribution in [0.4, 0.5) is 0 Å². The summed E-state index contributed by atoms with van der Waals surface area (Å²) in [6.45, 7) is 6.72. The molecule has 2 rings (SSSR count). The summed E-state index contributed by atoms with van der Waals surface area (Å²) in [7, 11) is 0. The van der Waals surface area contributed by atoms with E-state index in [1.165, 1.54) is 18.4 Å². The lowest BCUT2D eigenvalue weighted by Crippen LogP contribution is -2.36. The van der Waals surface area contributed by atoms with Crippen LogP contribution in [-0.4, -0.2) is 5.78 Å². The number of carbonyl (C=O) groups excluding carboxylic acids is 1. The van der Waals surface area contributed by atoms with Gasteiger partial charge in [-0.15, -0.1) is 0 Å². The first-order chi connectivity index (χ1) is 7.08. The highest BCUT2D eigenvalue weighted by Gasteiger charge is 2.38. The number of rotatable bonds is 1. The maximum atomic E-state index is 12.0. The molecule has 0 spiro atoms. The molecular weight excluding hydrogens is 184 g/mol. The van der Waals surface area contributed by atoms with Crippen LogP contribution in [0.15, 0.2) is 11.6 Å². The van der Waals surface area contributed by atoms with Gasteiger partial charge in [0.25, 0.3) is 0 Å². The van der Waals surface area contributed by atoms with Gasteiger partial charge in [0.15, 0.2) is 0 Å². The van der Waals surface area contributed by atoms with Gasteiger partial charge in [-0.05, 0) is 43.9 Å². The summed E-state index contributed by atoms with van der Waals surface area (Å²) in [5.74, 6) is 2.87. The van der Waals surface area contributed by atoms with E-state index in [9.17, 15) is 4.79 Å². The van der Waals surface area contributed by atoms with Crippen molar-refractivity contribution in [2.45, 2.75) is 46.5 Å². The molecule has 1 nitrogen and oxygen atoms in total. The molecule has 0 bridgehead atoms. The van der Waals surface area contributed by atoms with Gasteiger partial charge in [-0.2, -0.15) is 0 Å². The Hall–Kier alpha value is -0.590. The Balaban J connectivity index is 2.11. The first-order valence-electron chi connectivity index (χ1n) is 6.26. The van der Waals surface area contributed by atoms with E-state index in [0.717, 1.165) is 12.8 Å². The first kappa shape index (κ1) is 10.9. The second-order valence-electron chi connectivity index (χ2n) is 5.77. The molecule has 1 fully saturated rings. The Morgan fingerprint density at radius 1 is 1.33 bits per heavy atom. The van der Waals surface area contributed by atoms with E-state index in [1.54, 1.807) is 0 Å². The molecule has 3 atom stereocenters. The molecule has 15 heavy (non-hydrogen) atoms. The van der Waals surface area contributed by atoms with Gasteiger partial charge in [-0.3, -0.25) is 4.79 Å². The zero-order chi connectivity index (χ0) is 11.0. The maximum Gasteiger partial charge on any atom is 0.136 e. The Bertz CT molecular complexity index is 288. The fourth-order valence-corrected chi connectivity index (χ4v) is 3.19. The lowest BCUT2D eigenvalue weighted by molar-refractivity contribution is -0.129. The predicted molar refractivity (Wildman–Crippen MR) is 62.5 cm³/mol. The van der Waals surface area contributed by atoms with Crippen molar-refractivity contribution >= 4 is 5.78 Å². The first-order valence-corrected chi connectivity index (χ1v) is 6.26. The highest BCUT2D eigenvalue weighted by atomic mass is 16.1. The molecule has 0 aromatic heterocycles. The lowest BCUT2D eigenvalue weighted by atomic mass is 9.65. The number of Topliss-reactive ketones (excluding diaryl/α,β-unsaturated/α-hetero) is 1. The summed E-state index contributed by atoms with van der Waals surface area (Å²) in [6, 6.07) is 0. The number of ketones is 1. The van der Waals surface area contributed by atoms with Crippen molar-refractivity contribution in [3.05, 3.63) is 11.6 Å². The number of fused-ring (bicyclic) bond motifs is 1. The summed E-state index contributed by atoms with van der Waals surface area (Å²) in [5, 5.41) is 0. The molecule has 0 aromatic carbocycles. The van der Waals surface area contributed by atoms with Crippen molar-refractivity contribution in [3.63, 3.8) is 0 Å². The summed E-state index contributed by atoms with van der Waals surface area (Å²) < 4.78 is 0. The van der Waals surface area contributed by atoms with Crippen molar-refractivity contribution < 1.29 is 4.79 Å². The van der Waals surface area contributed by atoms with E-state index in [0.29, 0.717) is 29.5 Å². The van der Waals surface area contributed by atoms with Crippen LogP contribution >= 0.6 is 0 Å². The van der Waals surface area contributed by atoms with Gasteiger partial charge in [0.2, 0.25) is 0 Å². The molecule has 2 aliphatic carbocycles. The molecule has 84 valence electrons. The van der Waals surface area contributed by atoms with Gasteiger partial charge in [0.05, 0.1) is 0 Å². The molecule has 0 N–H and O–H groups in total. The third-order valence-corrected chi connectivity index (χ3v) is 4.30. The molecule has 0 unspecified atom stereocenters. The quantitative estimate of drug-likeness (QED) is 0.599. The Morgan fingerprint density at radius 2 is 2.07 bits per heavy atom. The van der Waals surface area contributed by atoms with Gasteiger partial charge in [-0.25, -0.2) is 0 Å². The van der Waals surface area contributed by atoms with Crippen LogP contribution in [0.25, 0.3) is 0 Å². The Morgan fingerprint density at radius 3 is 2.73 bits per heavy atom. The largest absolute Gasteiger partial charge is 0.299 e. The maximum absolute atomic E-state index is 12.0. The topological polar surface area (TPSA) is 17.1 Å². The van der Waals surface area contributed by atoms with Gasteiger partial charge in [-0.1, -0.05) is 25.5 Å². The average molecular weight is 206 g/mol.